The van der Waals surface area contributed by atoms with E-state index >= 15 is 0 Å². The molecule has 14 heteroatoms. The third kappa shape index (κ3) is 13.4. The zero-order chi connectivity index (χ0) is 22.9. The second-order valence-corrected chi connectivity index (χ2v) is 21.4. The Bertz CT molecular complexity index is 446. The average molecular weight is 547 g/mol. The molecular formula is C16H36O8P2S4. The molecule has 0 aliphatic carbocycles. The first-order valence-electron chi connectivity index (χ1n) is 10.3. The van der Waals surface area contributed by atoms with Crippen molar-refractivity contribution in [2.75, 3.05) is 26.4 Å². The van der Waals surface area contributed by atoms with Gasteiger partial charge in [-0.2, -0.15) is 0 Å². The predicted octanol–water partition coefficient (Wildman–Crippen LogP) is 7.18. The van der Waals surface area contributed by atoms with E-state index in [2.05, 4.69) is 0 Å². The molecule has 0 aliphatic heterocycles. The molecule has 2 unspecified atom stereocenters. The Morgan fingerprint density at radius 2 is 0.833 bits per heavy atom. The Kier molecular flexibility index (Phi) is 20.0. The van der Waals surface area contributed by atoms with Gasteiger partial charge in [0.1, 0.15) is 19.7 Å². The van der Waals surface area contributed by atoms with E-state index in [-0.39, 0.29) is 26.4 Å². The highest BCUT2D eigenvalue weighted by atomic mass is 33.8. The maximum Gasteiger partial charge on any atom is 0.552 e. The number of unbranched alkanes of at least 4 members (excludes halogenated alkanes) is 4. The Hall–Kier alpha value is 1.62. The van der Waals surface area contributed by atoms with Crippen molar-refractivity contribution in [1.29, 1.82) is 0 Å². The fourth-order valence-corrected chi connectivity index (χ4v) is 20.8. The molecule has 0 fully saturated rings. The van der Waals surface area contributed by atoms with Crippen LogP contribution >= 0.6 is 33.2 Å². The van der Waals surface area contributed by atoms with E-state index in [9.17, 15) is 18.2 Å². The molecule has 0 aromatic carbocycles. The Labute approximate surface area is 194 Å². The van der Waals surface area contributed by atoms with Crippen LogP contribution in [0.3, 0.4) is 0 Å². The van der Waals surface area contributed by atoms with Gasteiger partial charge in [0.2, 0.25) is 19.7 Å². The van der Waals surface area contributed by atoms with E-state index in [1.165, 1.54) is 0 Å². The highest BCUT2D eigenvalue weighted by Crippen LogP contribution is 2.67. The van der Waals surface area contributed by atoms with Crippen molar-refractivity contribution < 1.29 is 36.3 Å². The topological polar surface area (TPSA) is 117 Å². The molecule has 182 valence electrons. The van der Waals surface area contributed by atoms with Crippen molar-refractivity contribution in [3.63, 3.8) is 0 Å². The largest absolute Gasteiger partial charge is 0.597 e. The summed E-state index contributed by atoms with van der Waals surface area (Å²) in [5.74, 6) is 0. The maximum atomic E-state index is 12.9. The Balaban J connectivity index is 4.99. The van der Waals surface area contributed by atoms with Crippen molar-refractivity contribution >= 4 is 52.9 Å². The zero-order valence-corrected chi connectivity index (χ0v) is 23.3. The smallest absolute Gasteiger partial charge is 0.552 e. The van der Waals surface area contributed by atoms with E-state index in [4.69, 9.17) is 18.1 Å². The molecule has 0 amide bonds. The van der Waals surface area contributed by atoms with Crippen LogP contribution in [0, 0.1) is 0 Å². The van der Waals surface area contributed by atoms with Crippen LogP contribution < -0.4 is 0 Å². The van der Waals surface area contributed by atoms with Gasteiger partial charge in [0.05, 0.1) is 26.4 Å². The molecule has 2 atom stereocenters. The molecule has 0 aromatic heterocycles. The molecule has 30 heavy (non-hydrogen) atoms. The summed E-state index contributed by atoms with van der Waals surface area (Å²) < 4.78 is 72.4. The average Bonchev–Trinajstić information content (AvgIpc) is 2.72. The molecule has 0 aromatic rings. The molecule has 0 N–H and O–H groups in total. The normalized spacial score (nSPS) is 14.7. The molecule has 0 radical (unpaired) electrons. The molecule has 0 rings (SSSR count). The van der Waals surface area contributed by atoms with Crippen LogP contribution in [-0.2, 0) is 46.9 Å². The van der Waals surface area contributed by atoms with E-state index in [0.29, 0.717) is 45.3 Å². The van der Waals surface area contributed by atoms with Gasteiger partial charge in [-0.3, -0.25) is 18.1 Å². The molecular weight excluding hydrogens is 510 g/mol. The summed E-state index contributed by atoms with van der Waals surface area (Å²) in [5, 5.41) is 0. The van der Waals surface area contributed by atoms with Gasteiger partial charge in [-0.05, 0) is 25.7 Å². The predicted molar refractivity (Wildman–Crippen MR) is 130 cm³/mol. The first-order chi connectivity index (χ1) is 14.3. The number of hydrogen-bond acceptors (Lipinski definition) is 10. The van der Waals surface area contributed by atoms with Crippen LogP contribution in [0.2, 0.25) is 0 Å². The molecule has 0 saturated carbocycles. The van der Waals surface area contributed by atoms with Crippen molar-refractivity contribution in [3.8, 4) is 0 Å². The minimum Gasteiger partial charge on any atom is -0.597 e. The van der Waals surface area contributed by atoms with Gasteiger partial charge in [-0.25, -0.2) is 9.13 Å². The third-order valence-electron chi connectivity index (χ3n) is 3.50. The lowest BCUT2D eigenvalue weighted by molar-refractivity contribution is 0.212. The number of hydrogen-bond donors (Lipinski definition) is 0. The van der Waals surface area contributed by atoms with Gasteiger partial charge in [-0.15, -0.1) is 0 Å². The van der Waals surface area contributed by atoms with Crippen molar-refractivity contribution in [2.24, 2.45) is 0 Å². The third-order valence-corrected chi connectivity index (χ3v) is 21.5. The summed E-state index contributed by atoms with van der Waals surface area (Å²) >= 11 is 0. The van der Waals surface area contributed by atoms with Crippen molar-refractivity contribution in [3.05, 3.63) is 0 Å². The molecule has 0 saturated heterocycles. The molecule has 0 heterocycles. The molecule has 0 aliphatic rings. The second-order valence-electron chi connectivity index (χ2n) is 6.21. The SMILES string of the molecule is CCCCOP(=O)(OCCCC)[S+]([O-])SS[S+]([O-])P(=O)(OCCCC)OCCCC. The fraction of sp³-hybridized carbons (Fsp3) is 1.00. The molecule has 8 nitrogen and oxygen atoms in total. The Morgan fingerprint density at radius 1 is 0.600 bits per heavy atom. The van der Waals surface area contributed by atoms with Crippen molar-refractivity contribution in [2.45, 2.75) is 79.1 Å². The fourth-order valence-electron chi connectivity index (χ4n) is 1.65. The van der Waals surface area contributed by atoms with Crippen LogP contribution in [0.25, 0.3) is 0 Å². The highest BCUT2D eigenvalue weighted by Gasteiger charge is 2.49. The quantitative estimate of drug-likeness (QED) is 0.0634. The summed E-state index contributed by atoms with van der Waals surface area (Å²) in [4.78, 5) is 0. The van der Waals surface area contributed by atoms with Gasteiger partial charge < -0.3 is 9.11 Å². The van der Waals surface area contributed by atoms with Gasteiger partial charge in [0, 0.05) is 0 Å². The Morgan fingerprint density at radius 3 is 1.03 bits per heavy atom. The first-order valence-corrected chi connectivity index (χ1v) is 20.1. The molecule has 0 bridgehead atoms. The highest BCUT2D eigenvalue weighted by molar-refractivity contribution is 9.33. The van der Waals surface area contributed by atoms with Crippen LogP contribution in [0.1, 0.15) is 79.1 Å². The summed E-state index contributed by atoms with van der Waals surface area (Å²) in [5.41, 5.74) is 0. The summed E-state index contributed by atoms with van der Waals surface area (Å²) in [6.07, 6.45) is 5.87. The molecule has 0 spiro atoms. The van der Waals surface area contributed by atoms with Crippen LogP contribution in [0.4, 0.5) is 0 Å². The van der Waals surface area contributed by atoms with E-state index in [1.54, 1.807) is 0 Å². The minimum absolute atomic E-state index is 0.151. The van der Waals surface area contributed by atoms with E-state index in [1.807, 2.05) is 27.7 Å². The minimum atomic E-state index is -3.92. The van der Waals surface area contributed by atoms with Crippen LogP contribution in [0.15, 0.2) is 0 Å². The van der Waals surface area contributed by atoms with E-state index < -0.39 is 33.3 Å². The van der Waals surface area contributed by atoms with Crippen LogP contribution in [0.5, 0.6) is 0 Å². The summed E-state index contributed by atoms with van der Waals surface area (Å²) in [6.45, 7) is 0.562. The number of rotatable bonds is 21. The lowest BCUT2D eigenvalue weighted by atomic mass is 10.4. The standard InChI is InChI=1S/C16H36O8P2S4/c1-5-9-13-21-25(17,22-14-10-6-2)29(19)27-28-30(20)26(18,23-15-11-7-3)24-16-12-8-4/h5-16H2,1-4H3. The van der Waals surface area contributed by atoms with Crippen LogP contribution in [-0.4, -0.2) is 35.5 Å². The van der Waals surface area contributed by atoms with Gasteiger partial charge >= 0.3 is 13.6 Å². The van der Waals surface area contributed by atoms with Gasteiger partial charge in [0.15, 0.2) is 0 Å². The zero-order valence-electron chi connectivity index (χ0n) is 18.3. The summed E-state index contributed by atoms with van der Waals surface area (Å²) in [6, 6.07) is 0. The van der Waals surface area contributed by atoms with Crippen molar-refractivity contribution in [1.82, 2.24) is 0 Å². The van der Waals surface area contributed by atoms with Gasteiger partial charge in [0.25, 0.3) is 0 Å². The lowest BCUT2D eigenvalue weighted by Gasteiger charge is -2.20. The van der Waals surface area contributed by atoms with Gasteiger partial charge in [-0.1, -0.05) is 53.4 Å². The first kappa shape index (κ1) is 31.6. The maximum absolute atomic E-state index is 12.9. The lowest BCUT2D eigenvalue weighted by Crippen LogP contribution is -2.08. The second kappa shape index (κ2) is 19.0. The summed E-state index contributed by atoms with van der Waals surface area (Å²) in [7, 11) is -3.16. The monoisotopic (exact) mass is 546 g/mol. The van der Waals surface area contributed by atoms with E-state index in [0.717, 1.165) is 25.7 Å².